The minimum Gasteiger partial charge on any atom is -0.507 e. The van der Waals surface area contributed by atoms with Crippen LogP contribution in [0.5, 0.6) is 0 Å². The number of hydrogen-bond donors (Lipinski definition) is 1. The number of aliphatic hydroxyl groups excluding tert-OH is 1. The molecular formula is C21H22BrNO5. The Morgan fingerprint density at radius 3 is 2.57 bits per heavy atom. The van der Waals surface area contributed by atoms with E-state index in [1.807, 2.05) is 13.8 Å². The van der Waals surface area contributed by atoms with Crippen molar-refractivity contribution in [3.8, 4) is 0 Å². The quantitative estimate of drug-likeness (QED) is 0.296. The van der Waals surface area contributed by atoms with Gasteiger partial charge in [0.05, 0.1) is 17.9 Å². The molecule has 1 aliphatic heterocycles. The predicted octanol–water partition coefficient (Wildman–Crippen LogP) is 4.28. The molecule has 0 aliphatic carbocycles. The third-order valence-corrected chi connectivity index (χ3v) is 4.99. The Labute approximate surface area is 171 Å². The minimum absolute atomic E-state index is 0.0343. The fourth-order valence-corrected chi connectivity index (χ4v) is 3.43. The van der Waals surface area contributed by atoms with E-state index < -0.39 is 17.7 Å². The normalized spacial score (nSPS) is 19.0. The SMILES string of the molecule is CC(C)OCCCN1C(=O)C(=O)/C(=C(\O)c2ccc(Br)cc2)C1c1ccco1. The van der Waals surface area contributed by atoms with Gasteiger partial charge in [0.2, 0.25) is 0 Å². The van der Waals surface area contributed by atoms with E-state index in [0.29, 0.717) is 30.9 Å². The summed E-state index contributed by atoms with van der Waals surface area (Å²) in [6.07, 6.45) is 2.14. The highest BCUT2D eigenvalue weighted by molar-refractivity contribution is 9.10. The number of aliphatic hydroxyl groups is 1. The highest BCUT2D eigenvalue weighted by atomic mass is 79.9. The molecule has 0 bridgehead atoms. The molecule has 0 saturated carbocycles. The molecule has 1 fully saturated rings. The number of nitrogens with zero attached hydrogens (tertiary/aromatic N) is 1. The van der Waals surface area contributed by atoms with E-state index >= 15 is 0 Å². The van der Waals surface area contributed by atoms with Crippen LogP contribution in [0.25, 0.3) is 5.76 Å². The lowest BCUT2D eigenvalue weighted by atomic mass is 9.99. The van der Waals surface area contributed by atoms with E-state index in [1.54, 1.807) is 36.4 Å². The van der Waals surface area contributed by atoms with Crippen LogP contribution in [0.1, 0.15) is 37.6 Å². The Morgan fingerprint density at radius 1 is 1.25 bits per heavy atom. The molecule has 0 spiro atoms. The number of furan rings is 1. The van der Waals surface area contributed by atoms with Crippen LogP contribution in [0, 0.1) is 0 Å². The first kappa shape index (κ1) is 20.4. The van der Waals surface area contributed by atoms with Crippen molar-refractivity contribution in [3.63, 3.8) is 0 Å². The lowest BCUT2D eigenvalue weighted by Crippen LogP contribution is -2.31. The van der Waals surface area contributed by atoms with Crippen LogP contribution in [0.15, 0.2) is 57.1 Å². The van der Waals surface area contributed by atoms with Crippen molar-refractivity contribution >= 4 is 33.4 Å². The largest absolute Gasteiger partial charge is 0.507 e. The van der Waals surface area contributed by atoms with Crippen LogP contribution >= 0.6 is 15.9 Å². The fraction of sp³-hybridized carbons (Fsp3) is 0.333. The van der Waals surface area contributed by atoms with Gasteiger partial charge in [0, 0.05) is 23.2 Å². The summed E-state index contributed by atoms with van der Waals surface area (Å²) in [4.78, 5) is 26.9. The molecule has 1 aromatic carbocycles. The molecule has 2 heterocycles. The summed E-state index contributed by atoms with van der Waals surface area (Å²) in [6.45, 7) is 4.67. The Morgan fingerprint density at radius 2 is 1.96 bits per heavy atom. The van der Waals surface area contributed by atoms with Gasteiger partial charge in [-0.3, -0.25) is 9.59 Å². The van der Waals surface area contributed by atoms with Gasteiger partial charge in [-0.1, -0.05) is 28.1 Å². The number of ketones is 1. The van der Waals surface area contributed by atoms with Crippen molar-refractivity contribution in [2.45, 2.75) is 32.4 Å². The number of likely N-dealkylation sites (tertiary alicyclic amines) is 1. The van der Waals surface area contributed by atoms with Crippen LogP contribution in [-0.2, 0) is 14.3 Å². The first-order valence-corrected chi connectivity index (χ1v) is 9.88. The van der Waals surface area contributed by atoms with Gasteiger partial charge in [-0.25, -0.2) is 0 Å². The summed E-state index contributed by atoms with van der Waals surface area (Å²) in [7, 11) is 0. The Bertz CT molecular complexity index is 871. The lowest BCUT2D eigenvalue weighted by molar-refractivity contribution is -0.140. The molecule has 28 heavy (non-hydrogen) atoms. The van der Waals surface area contributed by atoms with Crippen molar-refractivity contribution < 1.29 is 23.8 Å². The zero-order valence-electron chi connectivity index (χ0n) is 15.7. The zero-order valence-corrected chi connectivity index (χ0v) is 17.3. The second kappa shape index (κ2) is 8.75. The third kappa shape index (κ3) is 4.20. The molecule has 1 atom stereocenters. The summed E-state index contributed by atoms with van der Waals surface area (Å²) < 4.78 is 11.9. The van der Waals surface area contributed by atoms with Gasteiger partial charge < -0.3 is 19.2 Å². The highest BCUT2D eigenvalue weighted by Gasteiger charge is 2.47. The fourth-order valence-electron chi connectivity index (χ4n) is 3.17. The molecule has 0 radical (unpaired) electrons. The van der Waals surface area contributed by atoms with Crippen molar-refractivity contribution in [2.75, 3.05) is 13.2 Å². The van der Waals surface area contributed by atoms with E-state index in [4.69, 9.17) is 9.15 Å². The summed E-state index contributed by atoms with van der Waals surface area (Å²) >= 11 is 3.34. The molecule has 2 aromatic rings. The number of amides is 1. The number of Topliss-reactive ketones (excluding diaryl/α,β-unsaturated/α-hetero) is 1. The average Bonchev–Trinajstić information content (AvgIpc) is 3.27. The Kier molecular flexibility index (Phi) is 6.36. The van der Waals surface area contributed by atoms with Crippen LogP contribution in [0.4, 0.5) is 0 Å². The maximum Gasteiger partial charge on any atom is 0.295 e. The van der Waals surface area contributed by atoms with E-state index in [0.717, 1.165) is 4.47 Å². The first-order valence-electron chi connectivity index (χ1n) is 9.09. The molecule has 1 aromatic heterocycles. The van der Waals surface area contributed by atoms with Crippen LogP contribution < -0.4 is 0 Å². The molecule has 6 nitrogen and oxygen atoms in total. The van der Waals surface area contributed by atoms with Crippen molar-refractivity contribution in [3.05, 3.63) is 64.0 Å². The molecule has 7 heteroatoms. The number of halogens is 1. The van der Waals surface area contributed by atoms with E-state index in [-0.39, 0.29) is 17.4 Å². The van der Waals surface area contributed by atoms with Gasteiger partial charge in [-0.2, -0.15) is 0 Å². The Hall–Kier alpha value is -2.38. The maximum absolute atomic E-state index is 12.8. The summed E-state index contributed by atoms with van der Waals surface area (Å²) in [5.41, 5.74) is 0.493. The molecule has 3 rings (SSSR count). The number of carbonyl (C=O) groups is 2. The zero-order chi connectivity index (χ0) is 20.3. The van der Waals surface area contributed by atoms with E-state index in [2.05, 4.69) is 15.9 Å². The molecular weight excluding hydrogens is 426 g/mol. The number of hydrogen-bond acceptors (Lipinski definition) is 5. The van der Waals surface area contributed by atoms with Gasteiger partial charge in [-0.15, -0.1) is 0 Å². The first-order chi connectivity index (χ1) is 13.4. The maximum atomic E-state index is 12.8. The van der Waals surface area contributed by atoms with Crippen molar-refractivity contribution in [2.24, 2.45) is 0 Å². The van der Waals surface area contributed by atoms with Crippen LogP contribution in [-0.4, -0.2) is 41.0 Å². The van der Waals surface area contributed by atoms with Crippen molar-refractivity contribution in [1.82, 2.24) is 4.90 Å². The monoisotopic (exact) mass is 447 g/mol. The van der Waals surface area contributed by atoms with Crippen LogP contribution in [0.3, 0.4) is 0 Å². The van der Waals surface area contributed by atoms with Gasteiger partial charge >= 0.3 is 0 Å². The highest BCUT2D eigenvalue weighted by Crippen LogP contribution is 2.39. The minimum atomic E-state index is -0.766. The van der Waals surface area contributed by atoms with Gasteiger partial charge in [-0.05, 0) is 44.5 Å². The molecule has 1 aliphatic rings. The van der Waals surface area contributed by atoms with E-state index in [9.17, 15) is 14.7 Å². The summed E-state index contributed by atoms with van der Waals surface area (Å²) in [6, 6.07) is 9.51. The van der Waals surface area contributed by atoms with Crippen molar-refractivity contribution in [1.29, 1.82) is 0 Å². The smallest absolute Gasteiger partial charge is 0.295 e. The number of ether oxygens (including phenoxy) is 1. The number of rotatable bonds is 7. The topological polar surface area (TPSA) is 80.0 Å². The molecule has 1 unspecified atom stereocenters. The second-order valence-corrected chi connectivity index (χ2v) is 7.70. The van der Waals surface area contributed by atoms with Crippen LogP contribution in [0.2, 0.25) is 0 Å². The van der Waals surface area contributed by atoms with Gasteiger partial charge in [0.25, 0.3) is 11.7 Å². The number of benzene rings is 1. The molecule has 1 saturated heterocycles. The van der Waals surface area contributed by atoms with Gasteiger partial charge in [0.1, 0.15) is 17.6 Å². The lowest BCUT2D eigenvalue weighted by Gasteiger charge is -2.23. The summed E-state index contributed by atoms with van der Waals surface area (Å²) in [5, 5.41) is 10.8. The number of carbonyl (C=O) groups excluding carboxylic acids is 2. The average molecular weight is 448 g/mol. The molecule has 148 valence electrons. The predicted molar refractivity (Wildman–Crippen MR) is 108 cm³/mol. The molecule has 1 amide bonds. The van der Waals surface area contributed by atoms with Gasteiger partial charge in [0.15, 0.2) is 0 Å². The summed E-state index contributed by atoms with van der Waals surface area (Å²) in [5.74, 6) is -1.15. The molecule has 1 N–H and O–H groups in total. The standard InChI is InChI=1S/C21H22BrNO5/c1-13(2)27-12-4-10-23-18(16-5-3-11-28-16)17(20(25)21(23)26)19(24)14-6-8-15(22)9-7-14/h3,5-9,11,13,18,24H,4,10,12H2,1-2H3/b19-17-. The third-order valence-electron chi connectivity index (χ3n) is 4.46. The van der Waals surface area contributed by atoms with E-state index in [1.165, 1.54) is 11.2 Å². The Balaban J connectivity index is 1.96. The second-order valence-electron chi connectivity index (χ2n) is 6.79.